The molecule has 0 spiro atoms. The highest BCUT2D eigenvalue weighted by atomic mass is 28.3. The van der Waals surface area contributed by atoms with Crippen LogP contribution in [0.4, 0.5) is 5.82 Å². The van der Waals surface area contributed by atoms with Crippen molar-refractivity contribution in [1.82, 2.24) is 14.6 Å². The van der Waals surface area contributed by atoms with E-state index in [0.29, 0.717) is 13.5 Å². The van der Waals surface area contributed by atoms with Crippen molar-refractivity contribution in [3.63, 3.8) is 0 Å². The number of allylic oxidation sites excluding steroid dienone is 1. The summed E-state index contributed by atoms with van der Waals surface area (Å²) in [7, 11) is -2.36. The zero-order chi connectivity index (χ0) is 26.3. The van der Waals surface area contributed by atoms with E-state index >= 15 is 0 Å². The van der Waals surface area contributed by atoms with Gasteiger partial charge in [0.1, 0.15) is 19.3 Å². The van der Waals surface area contributed by atoms with Gasteiger partial charge in [-0.2, -0.15) is 9.61 Å². The largest absolute Gasteiger partial charge is 0.478 e. The molecule has 0 unspecified atom stereocenters. The monoisotopic (exact) mass is 532 g/mol. The smallest absolute Gasteiger partial charge is 0.328 e. The van der Waals surface area contributed by atoms with Crippen LogP contribution in [-0.2, 0) is 14.3 Å². The van der Waals surface area contributed by atoms with Crippen LogP contribution in [0.5, 0.6) is 0 Å². The second kappa shape index (κ2) is 12.5. The Labute approximate surface area is 217 Å². The topological polar surface area (TPSA) is 89.2 Å². The Bertz CT molecular complexity index is 1010. The van der Waals surface area contributed by atoms with Gasteiger partial charge in [0.15, 0.2) is 5.65 Å². The molecule has 1 fully saturated rings. The van der Waals surface area contributed by atoms with E-state index in [2.05, 4.69) is 55.3 Å². The third-order valence-corrected chi connectivity index (χ3v) is 9.95. The van der Waals surface area contributed by atoms with Crippen molar-refractivity contribution in [3.05, 3.63) is 35.7 Å². The fourth-order valence-electron chi connectivity index (χ4n) is 4.23. The van der Waals surface area contributed by atoms with E-state index in [4.69, 9.17) is 19.6 Å². The molecule has 8 nitrogen and oxygen atoms in total. The van der Waals surface area contributed by atoms with Crippen LogP contribution in [0.15, 0.2) is 30.0 Å². The minimum atomic E-state index is -1.18. The van der Waals surface area contributed by atoms with E-state index in [1.807, 2.05) is 10.6 Å². The molecule has 3 rings (SSSR count). The molecule has 1 saturated carbocycles. The maximum atomic E-state index is 11.1. The number of carboxylic acid groups (broad SMARTS) is 1. The van der Waals surface area contributed by atoms with Gasteiger partial charge < -0.3 is 19.5 Å². The van der Waals surface area contributed by atoms with Crippen molar-refractivity contribution < 1.29 is 19.4 Å². The molecule has 10 heteroatoms. The normalized spacial score (nSPS) is 16.9. The van der Waals surface area contributed by atoms with Crippen LogP contribution < -0.4 is 4.90 Å². The van der Waals surface area contributed by atoms with E-state index in [0.717, 1.165) is 73.7 Å². The minimum absolute atomic E-state index is 0.289. The Balaban J connectivity index is 1.79. The van der Waals surface area contributed by atoms with Gasteiger partial charge in [-0.25, -0.2) is 9.78 Å². The summed E-state index contributed by atoms with van der Waals surface area (Å²) in [6.45, 7) is 16.5. The first-order valence-corrected chi connectivity index (χ1v) is 20.5. The van der Waals surface area contributed by atoms with E-state index < -0.39 is 22.1 Å². The van der Waals surface area contributed by atoms with E-state index in [9.17, 15) is 4.79 Å². The van der Waals surface area contributed by atoms with Gasteiger partial charge in [0, 0.05) is 59.2 Å². The first kappa shape index (κ1) is 28.6. The highest BCUT2D eigenvalue weighted by molar-refractivity contribution is 6.76. The van der Waals surface area contributed by atoms with Crippen LogP contribution in [0.2, 0.25) is 51.4 Å². The lowest BCUT2D eigenvalue weighted by Gasteiger charge is -2.28. The van der Waals surface area contributed by atoms with Crippen LogP contribution >= 0.6 is 0 Å². The molecular formula is C26H44N4O4Si2. The molecule has 0 radical (unpaired) electrons. The fourth-order valence-corrected chi connectivity index (χ4v) is 5.74. The number of aliphatic carboxylic acids is 1. The van der Waals surface area contributed by atoms with Gasteiger partial charge in [0.05, 0.1) is 6.20 Å². The molecule has 0 bridgehead atoms. The van der Waals surface area contributed by atoms with Gasteiger partial charge in [-0.05, 0) is 37.8 Å². The Morgan fingerprint density at radius 2 is 1.67 bits per heavy atom. The standard InChI is InChI=1S/C26H44N4O4Si2/c1-35(2,3)15-13-33-19-29(20-34-14-16-36(4,5)6)25-18-23(28-24-11-12-27-30(24)25)22-9-7-21(8-10-22)17-26(31)32/h11-12,17-18,22H,7-10,13-16,19-20H2,1-6H3,(H,31,32). The summed E-state index contributed by atoms with van der Waals surface area (Å²) in [4.78, 5) is 18.1. The third-order valence-electron chi connectivity index (χ3n) is 6.55. The number of rotatable bonds is 13. The highest BCUT2D eigenvalue weighted by Gasteiger charge is 2.24. The molecule has 36 heavy (non-hydrogen) atoms. The predicted molar refractivity (Wildman–Crippen MR) is 150 cm³/mol. The Kier molecular flexibility index (Phi) is 9.90. The summed E-state index contributed by atoms with van der Waals surface area (Å²) in [5.74, 6) is 0.355. The zero-order valence-electron chi connectivity index (χ0n) is 22.9. The van der Waals surface area contributed by atoms with Crippen molar-refractivity contribution in [2.24, 2.45) is 0 Å². The average molecular weight is 533 g/mol. The Morgan fingerprint density at radius 1 is 1.08 bits per heavy atom. The molecule has 200 valence electrons. The second-order valence-corrected chi connectivity index (χ2v) is 23.5. The van der Waals surface area contributed by atoms with Crippen molar-refractivity contribution in [2.45, 2.75) is 83.0 Å². The summed E-state index contributed by atoms with van der Waals surface area (Å²) in [5, 5.41) is 13.6. The van der Waals surface area contributed by atoms with Crippen LogP contribution in [0.25, 0.3) is 5.65 Å². The maximum absolute atomic E-state index is 11.1. The summed E-state index contributed by atoms with van der Waals surface area (Å²) >= 11 is 0. The SMILES string of the molecule is C[Si](C)(C)CCOCN(COCC[Si](C)(C)C)c1cc(C2CCC(=CC(=O)O)CC2)nc2ccnn12. The first-order valence-electron chi connectivity index (χ1n) is 13.1. The minimum Gasteiger partial charge on any atom is -0.478 e. The molecule has 0 atom stereocenters. The third kappa shape index (κ3) is 9.13. The van der Waals surface area contributed by atoms with Crippen molar-refractivity contribution >= 4 is 33.6 Å². The molecule has 0 aromatic carbocycles. The first-order chi connectivity index (χ1) is 16.9. The molecule has 1 N–H and O–H groups in total. The molecule has 2 aromatic rings. The number of fused-ring (bicyclic) bond motifs is 1. The van der Waals surface area contributed by atoms with E-state index in [-0.39, 0.29) is 5.92 Å². The molecule has 0 amide bonds. The van der Waals surface area contributed by atoms with Gasteiger partial charge in [-0.1, -0.05) is 44.9 Å². The number of ether oxygens (including phenoxy) is 2. The molecule has 1 aliphatic carbocycles. The predicted octanol–water partition coefficient (Wildman–Crippen LogP) is 5.83. The molecular weight excluding hydrogens is 488 g/mol. The number of hydrogen-bond acceptors (Lipinski definition) is 6. The lowest BCUT2D eigenvalue weighted by molar-refractivity contribution is -0.131. The van der Waals surface area contributed by atoms with Crippen molar-refractivity contribution in [1.29, 1.82) is 0 Å². The number of carbonyl (C=O) groups is 1. The number of hydrogen-bond donors (Lipinski definition) is 1. The van der Waals surface area contributed by atoms with E-state index in [1.165, 1.54) is 6.08 Å². The van der Waals surface area contributed by atoms with Crippen LogP contribution in [0.3, 0.4) is 0 Å². The Morgan fingerprint density at radius 3 is 2.19 bits per heavy atom. The molecule has 0 aliphatic heterocycles. The Hall–Kier alpha value is -2.02. The van der Waals surface area contributed by atoms with Crippen molar-refractivity contribution in [3.8, 4) is 0 Å². The van der Waals surface area contributed by atoms with Crippen LogP contribution in [-0.4, -0.2) is 68.5 Å². The molecule has 0 saturated heterocycles. The highest BCUT2D eigenvalue weighted by Crippen LogP contribution is 2.36. The van der Waals surface area contributed by atoms with E-state index in [1.54, 1.807) is 6.20 Å². The molecule has 2 aromatic heterocycles. The second-order valence-electron chi connectivity index (χ2n) is 12.3. The lowest BCUT2D eigenvalue weighted by atomic mass is 9.83. The molecule has 2 heterocycles. The average Bonchev–Trinajstić information content (AvgIpc) is 3.25. The van der Waals surface area contributed by atoms with Gasteiger partial charge in [-0.3, -0.25) is 0 Å². The summed E-state index contributed by atoms with van der Waals surface area (Å²) in [6, 6.07) is 6.29. The zero-order valence-corrected chi connectivity index (χ0v) is 24.9. The summed E-state index contributed by atoms with van der Waals surface area (Å²) in [6.07, 6.45) is 6.53. The number of nitrogens with zero attached hydrogens (tertiary/aromatic N) is 4. The number of carboxylic acids is 1. The van der Waals surface area contributed by atoms with Crippen molar-refractivity contribution in [2.75, 3.05) is 31.6 Å². The molecule has 1 aliphatic rings. The fraction of sp³-hybridized carbons (Fsp3) is 0.654. The number of anilines is 1. The van der Waals surface area contributed by atoms with Crippen LogP contribution in [0, 0.1) is 0 Å². The maximum Gasteiger partial charge on any atom is 0.328 e. The number of aromatic nitrogens is 3. The summed E-state index contributed by atoms with van der Waals surface area (Å²) < 4.78 is 14.2. The van der Waals surface area contributed by atoms with Gasteiger partial charge in [-0.15, -0.1) is 0 Å². The van der Waals surface area contributed by atoms with Gasteiger partial charge in [0.2, 0.25) is 0 Å². The van der Waals surface area contributed by atoms with Gasteiger partial charge in [0.25, 0.3) is 0 Å². The lowest BCUT2D eigenvalue weighted by Crippen LogP contribution is -2.33. The van der Waals surface area contributed by atoms with Crippen LogP contribution in [0.1, 0.15) is 37.3 Å². The quantitative estimate of drug-likeness (QED) is 0.150. The summed E-state index contributed by atoms with van der Waals surface area (Å²) in [5.41, 5.74) is 2.85. The van der Waals surface area contributed by atoms with Gasteiger partial charge >= 0.3 is 5.97 Å².